The van der Waals surface area contributed by atoms with Crippen LogP contribution in [0.15, 0.2) is 0 Å². The zero-order valence-corrected chi connectivity index (χ0v) is 34.1. The number of unbranched alkanes of at least 4 members (excludes halogenated alkanes) is 23. The molecular weight excluding hydrogens is 690 g/mol. The molecule has 12 heteroatoms. The molecule has 54 heavy (non-hydrogen) atoms. The van der Waals surface area contributed by atoms with E-state index in [0.29, 0.717) is 12.8 Å². The number of carbonyl (C=O) groups excluding carboxylic acids is 3. The second kappa shape index (κ2) is 31.0. The van der Waals surface area contributed by atoms with Crippen molar-refractivity contribution in [1.29, 1.82) is 0 Å². The van der Waals surface area contributed by atoms with E-state index < -0.39 is 67.3 Å². The molecular formula is C42H79N3O9. The molecule has 1 aliphatic rings. The Morgan fingerprint density at radius 1 is 0.630 bits per heavy atom. The van der Waals surface area contributed by atoms with E-state index in [1.54, 1.807) is 0 Å². The smallest absolute Gasteiger partial charge is 0.303 e. The highest BCUT2D eigenvalue weighted by Crippen LogP contribution is 2.36. The van der Waals surface area contributed by atoms with Crippen LogP contribution in [0.4, 0.5) is 0 Å². The molecule has 5 atom stereocenters. The number of carboxylic acids is 1. The number of ether oxygens (including phenoxy) is 1. The first kappa shape index (κ1) is 49.9. The third kappa shape index (κ3) is 20.7. The molecule has 0 bridgehead atoms. The molecule has 1 rings (SSSR count). The van der Waals surface area contributed by atoms with Crippen LogP contribution in [0.25, 0.3) is 0 Å². The molecule has 0 spiro atoms. The molecule has 0 unspecified atom stereocenters. The molecule has 1 aliphatic heterocycles. The average molecular weight is 770 g/mol. The molecule has 7 N–H and O–H groups in total. The Hall–Kier alpha value is -2.12. The van der Waals surface area contributed by atoms with E-state index in [4.69, 9.17) is 15.6 Å². The van der Waals surface area contributed by atoms with Crippen LogP contribution in [0.3, 0.4) is 0 Å². The van der Waals surface area contributed by atoms with E-state index in [2.05, 4.69) is 19.2 Å². The summed E-state index contributed by atoms with van der Waals surface area (Å²) in [5, 5.41) is 43.2. The Labute approximate surface area is 326 Å². The summed E-state index contributed by atoms with van der Waals surface area (Å²) in [5.74, 6) is -6.80. The maximum Gasteiger partial charge on any atom is 0.303 e. The molecule has 0 aromatic heterocycles. The van der Waals surface area contributed by atoms with Crippen LogP contribution in [-0.2, 0) is 23.9 Å². The molecule has 0 radical (unpaired) electrons. The number of hydrogen-bond acceptors (Lipinski definition) is 9. The van der Waals surface area contributed by atoms with E-state index in [0.717, 1.165) is 44.9 Å². The minimum Gasteiger partial charge on any atom is -0.481 e. The highest BCUT2D eigenvalue weighted by atomic mass is 16.6. The summed E-state index contributed by atoms with van der Waals surface area (Å²) in [4.78, 5) is 52.0. The Morgan fingerprint density at radius 2 is 1.06 bits per heavy atom. The first-order chi connectivity index (χ1) is 26.0. The monoisotopic (exact) mass is 770 g/mol. The van der Waals surface area contributed by atoms with Gasteiger partial charge in [0.2, 0.25) is 17.7 Å². The summed E-state index contributed by atoms with van der Waals surface area (Å²) in [7, 11) is 0. The maximum atomic E-state index is 14.0. The summed E-state index contributed by atoms with van der Waals surface area (Å²) in [6.45, 7) is 3.28. The number of aliphatic hydroxyl groups excluding tert-OH is 3. The zero-order valence-electron chi connectivity index (χ0n) is 34.1. The number of rotatable bonds is 35. The number of amides is 2. The summed E-state index contributed by atoms with van der Waals surface area (Å²) in [6.07, 6.45) is 23.2. The quantitative estimate of drug-likeness (QED) is 0.0291. The van der Waals surface area contributed by atoms with Gasteiger partial charge in [-0.2, -0.15) is 0 Å². The molecule has 12 nitrogen and oxygen atoms in total. The highest BCUT2D eigenvalue weighted by molar-refractivity contribution is 5.90. The fourth-order valence-electron chi connectivity index (χ4n) is 7.48. The van der Waals surface area contributed by atoms with Gasteiger partial charge in [-0.05, 0) is 12.8 Å². The fourth-order valence-corrected chi connectivity index (χ4v) is 7.48. The van der Waals surface area contributed by atoms with Crippen molar-refractivity contribution in [3.05, 3.63) is 0 Å². The summed E-state index contributed by atoms with van der Waals surface area (Å²) < 4.78 is 5.99. The van der Waals surface area contributed by atoms with Crippen molar-refractivity contribution < 1.29 is 44.3 Å². The van der Waals surface area contributed by atoms with Crippen molar-refractivity contribution in [2.45, 2.75) is 218 Å². The van der Waals surface area contributed by atoms with Crippen molar-refractivity contribution in [3.63, 3.8) is 0 Å². The van der Waals surface area contributed by atoms with Crippen molar-refractivity contribution in [1.82, 2.24) is 10.2 Å². The van der Waals surface area contributed by atoms with E-state index in [9.17, 15) is 34.5 Å². The predicted molar refractivity (Wildman–Crippen MR) is 212 cm³/mol. The third-order valence-corrected chi connectivity index (χ3v) is 10.9. The molecule has 1 saturated heterocycles. The van der Waals surface area contributed by atoms with Crippen LogP contribution in [0, 0.1) is 5.92 Å². The van der Waals surface area contributed by atoms with Gasteiger partial charge in [0.1, 0.15) is 18.1 Å². The van der Waals surface area contributed by atoms with Gasteiger partial charge in [0.05, 0.1) is 25.7 Å². The van der Waals surface area contributed by atoms with E-state index in [-0.39, 0.29) is 25.3 Å². The van der Waals surface area contributed by atoms with Crippen molar-refractivity contribution >= 4 is 23.6 Å². The van der Waals surface area contributed by atoms with Crippen LogP contribution >= 0.6 is 0 Å². The van der Waals surface area contributed by atoms with Crippen LogP contribution < -0.4 is 11.1 Å². The summed E-state index contributed by atoms with van der Waals surface area (Å²) in [5.41, 5.74) is 6.84. The van der Waals surface area contributed by atoms with Gasteiger partial charge in [-0.15, -0.1) is 0 Å². The molecule has 316 valence electrons. The molecule has 2 amide bonds. The van der Waals surface area contributed by atoms with Crippen LogP contribution in [0.1, 0.15) is 194 Å². The first-order valence-electron chi connectivity index (χ1n) is 21.8. The van der Waals surface area contributed by atoms with E-state index in [1.807, 2.05) is 0 Å². The highest BCUT2D eigenvalue weighted by Gasteiger charge is 2.58. The lowest BCUT2D eigenvalue weighted by Crippen LogP contribution is -2.75. The van der Waals surface area contributed by atoms with E-state index in [1.165, 1.54) is 108 Å². The van der Waals surface area contributed by atoms with Gasteiger partial charge in [-0.3, -0.25) is 24.9 Å². The van der Waals surface area contributed by atoms with Gasteiger partial charge < -0.3 is 35.4 Å². The van der Waals surface area contributed by atoms with Crippen molar-refractivity contribution in [2.24, 2.45) is 11.7 Å². The normalized spacial score (nSPS) is 21.2. The Morgan fingerprint density at radius 3 is 1.48 bits per heavy atom. The van der Waals surface area contributed by atoms with Crippen molar-refractivity contribution in [3.8, 4) is 0 Å². The number of carboxylic acid groups (broad SMARTS) is 1. The van der Waals surface area contributed by atoms with Crippen LogP contribution in [0.2, 0.25) is 0 Å². The second-order valence-electron chi connectivity index (χ2n) is 15.6. The van der Waals surface area contributed by atoms with Gasteiger partial charge in [0.15, 0.2) is 5.78 Å². The number of nitrogens with zero attached hydrogens (tertiary/aromatic N) is 1. The first-order valence-corrected chi connectivity index (χ1v) is 21.8. The van der Waals surface area contributed by atoms with Gasteiger partial charge in [0.25, 0.3) is 0 Å². The standard InChI is InChI=1S/C42H79N3O9/c1-3-5-7-9-11-13-15-16-17-18-19-20-22-24-26-28-37(49)45(31-27-25-23-21-14-12-10-8-6-4-2)42(43)39(41(53)40(52)35(33-46)54-42)34(47)32-44-36(48)29-30-38(50)51/h35,39-41,46,52-53H,3-33,43H2,1-2H3,(H,44,48)(H,50,51)/t35-,39-,40+,41-,42+/m1/s1. The number of aliphatic hydroxyl groups is 3. The molecule has 0 aromatic carbocycles. The second-order valence-corrected chi connectivity index (χ2v) is 15.6. The lowest BCUT2D eigenvalue weighted by atomic mass is 9.82. The number of nitrogens with two attached hydrogens (primary N) is 1. The molecule has 1 heterocycles. The lowest BCUT2D eigenvalue weighted by molar-refractivity contribution is -0.291. The number of aliphatic carboxylic acids is 1. The van der Waals surface area contributed by atoms with E-state index >= 15 is 0 Å². The Balaban J connectivity index is 2.84. The molecule has 0 aromatic rings. The average Bonchev–Trinajstić information content (AvgIpc) is 3.15. The number of ketones is 1. The van der Waals surface area contributed by atoms with Gasteiger partial charge in [-0.1, -0.05) is 162 Å². The molecule has 1 fully saturated rings. The third-order valence-electron chi connectivity index (χ3n) is 10.9. The zero-order chi connectivity index (χ0) is 40.0. The topological polar surface area (TPSA) is 200 Å². The number of Topliss-reactive ketones (excluding diaryl/α,β-unsaturated/α-hetero) is 1. The van der Waals surface area contributed by atoms with Crippen LogP contribution in [-0.4, -0.2) is 92.8 Å². The minimum atomic E-state index is -2.19. The van der Waals surface area contributed by atoms with Gasteiger partial charge in [0, 0.05) is 19.4 Å². The SMILES string of the molecule is CCCCCCCCCCCCCCCCCC(=O)N(CCCCCCCCCCCC)[C@]1(N)O[C@H](CO)[C@H](O)[C@H](O)[C@H]1C(=O)CNC(=O)CCC(=O)O. The van der Waals surface area contributed by atoms with Crippen molar-refractivity contribution in [2.75, 3.05) is 19.7 Å². The van der Waals surface area contributed by atoms with Gasteiger partial charge >= 0.3 is 5.97 Å². The fraction of sp³-hybridized carbons (Fsp3) is 0.905. The maximum absolute atomic E-state index is 14.0. The Bertz CT molecular complexity index is 1020. The van der Waals surface area contributed by atoms with Gasteiger partial charge in [-0.25, -0.2) is 0 Å². The summed E-state index contributed by atoms with van der Waals surface area (Å²) in [6, 6.07) is 0. The largest absolute Gasteiger partial charge is 0.481 e. The Kier molecular flexibility index (Phi) is 28.7. The minimum absolute atomic E-state index is 0.153. The summed E-state index contributed by atoms with van der Waals surface area (Å²) >= 11 is 0. The number of nitrogens with one attached hydrogen (secondary N) is 1. The molecule has 0 saturated carbocycles. The molecule has 0 aliphatic carbocycles. The predicted octanol–water partition coefficient (Wildman–Crippen LogP) is 6.89. The lowest BCUT2D eigenvalue weighted by Gasteiger charge is -2.52. The van der Waals surface area contributed by atoms with Crippen LogP contribution in [0.5, 0.6) is 0 Å². The number of hydrogen-bond donors (Lipinski definition) is 6. The number of carbonyl (C=O) groups is 4.